The van der Waals surface area contributed by atoms with Crippen molar-refractivity contribution in [3.05, 3.63) is 29.8 Å². The van der Waals surface area contributed by atoms with Gasteiger partial charge in [-0.2, -0.15) is 0 Å². The molecule has 2 fully saturated rings. The third-order valence-corrected chi connectivity index (χ3v) is 7.45. The van der Waals surface area contributed by atoms with Crippen molar-refractivity contribution in [1.29, 1.82) is 0 Å². The Morgan fingerprint density at radius 1 is 1.12 bits per heavy atom. The van der Waals surface area contributed by atoms with E-state index < -0.39 is 0 Å². The summed E-state index contributed by atoms with van der Waals surface area (Å²) in [6, 6.07) is 8.16. The van der Waals surface area contributed by atoms with E-state index in [9.17, 15) is 4.79 Å². The molecule has 0 unspecified atom stereocenters. The lowest BCUT2D eigenvalue weighted by Crippen LogP contribution is -2.39. The first-order valence-corrected chi connectivity index (χ1v) is 10.9. The van der Waals surface area contributed by atoms with Gasteiger partial charge in [0.2, 0.25) is 0 Å². The second kappa shape index (κ2) is 9.59. The number of carbonyl (C=O) groups excluding carboxylic acids is 1. The molecule has 0 saturated carbocycles. The van der Waals surface area contributed by atoms with Gasteiger partial charge in [-0.25, -0.2) is 0 Å². The van der Waals surface area contributed by atoms with Gasteiger partial charge in [0.15, 0.2) is 6.61 Å². The molecule has 2 aliphatic rings. The Hall–Kier alpha value is -0.850. The van der Waals surface area contributed by atoms with Crippen molar-refractivity contribution < 1.29 is 9.53 Å². The van der Waals surface area contributed by atoms with Crippen molar-refractivity contribution in [2.75, 3.05) is 44.3 Å². The topological polar surface area (TPSA) is 41.6 Å². The SMILES string of the molecule is O=C(COc1ccc(C2SCCS2)cc1)NCCN1CCCCC1. The lowest BCUT2D eigenvalue weighted by Gasteiger charge is -2.26. The number of hydrogen-bond acceptors (Lipinski definition) is 5. The fraction of sp³-hybridized carbons (Fsp3) is 0.611. The summed E-state index contributed by atoms with van der Waals surface area (Å²) in [5.41, 5.74) is 1.33. The quantitative estimate of drug-likeness (QED) is 0.803. The standard InChI is InChI=1S/C18H26N2O2S2/c21-17(19-8-11-20-9-2-1-3-10-20)14-22-16-6-4-15(5-7-16)18-23-12-13-24-18/h4-7,18H,1-3,8-14H2,(H,19,21). The van der Waals surface area contributed by atoms with E-state index in [0.717, 1.165) is 25.4 Å². The Kier molecular flexibility index (Phi) is 7.17. The molecular weight excluding hydrogens is 340 g/mol. The summed E-state index contributed by atoms with van der Waals surface area (Å²) in [5.74, 6) is 3.17. The van der Waals surface area contributed by atoms with Crippen molar-refractivity contribution >= 4 is 29.4 Å². The van der Waals surface area contributed by atoms with Gasteiger partial charge in [-0.1, -0.05) is 18.6 Å². The van der Waals surface area contributed by atoms with Gasteiger partial charge in [0, 0.05) is 24.6 Å². The molecule has 2 saturated heterocycles. The van der Waals surface area contributed by atoms with Crippen LogP contribution in [0.4, 0.5) is 0 Å². The zero-order valence-electron chi connectivity index (χ0n) is 14.0. The molecule has 3 rings (SSSR count). The maximum absolute atomic E-state index is 11.9. The number of nitrogens with zero attached hydrogens (tertiary/aromatic N) is 1. The second-order valence-corrected chi connectivity index (χ2v) is 8.91. The number of thioether (sulfide) groups is 2. The number of nitrogens with one attached hydrogen (secondary N) is 1. The Bertz CT molecular complexity index is 512. The van der Waals surface area contributed by atoms with Crippen LogP contribution in [0.2, 0.25) is 0 Å². The second-order valence-electron chi connectivity index (χ2n) is 6.18. The fourth-order valence-corrected chi connectivity index (χ4v) is 5.87. The van der Waals surface area contributed by atoms with E-state index in [1.165, 1.54) is 36.3 Å². The van der Waals surface area contributed by atoms with Gasteiger partial charge in [-0.3, -0.25) is 4.79 Å². The van der Waals surface area contributed by atoms with E-state index in [1.807, 2.05) is 35.7 Å². The molecule has 1 aromatic rings. The van der Waals surface area contributed by atoms with E-state index in [0.29, 0.717) is 11.1 Å². The molecule has 2 aliphatic heterocycles. The van der Waals surface area contributed by atoms with Crippen molar-refractivity contribution in [2.45, 2.75) is 23.8 Å². The lowest BCUT2D eigenvalue weighted by molar-refractivity contribution is -0.123. The van der Waals surface area contributed by atoms with Gasteiger partial charge in [0.05, 0.1) is 4.58 Å². The highest BCUT2D eigenvalue weighted by Gasteiger charge is 2.18. The molecular formula is C18H26N2O2S2. The first-order chi connectivity index (χ1) is 11.8. The smallest absolute Gasteiger partial charge is 0.257 e. The fourth-order valence-electron chi connectivity index (χ4n) is 3.01. The number of likely N-dealkylation sites (tertiary alicyclic amines) is 1. The molecule has 6 heteroatoms. The summed E-state index contributed by atoms with van der Waals surface area (Å²) < 4.78 is 6.14. The van der Waals surface area contributed by atoms with Crippen molar-refractivity contribution in [2.24, 2.45) is 0 Å². The number of hydrogen-bond donors (Lipinski definition) is 1. The van der Waals surface area contributed by atoms with Crippen LogP contribution in [-0.2, 0) is 4.79 Å². The molecule has 1 aromatic carbocycles. The maximum atomic E-state index is 11.9. The van der Waals surface area contributed by atoms with Crippen LogP contribution in [-0.4, -0.2) is 55.1 Å². The number of carbonyl (C=O) groups is 1. The summed E-state index contributed by atoms with van der Waals surface area (Å²) in [6.45, 7) is 4.06. The maximum Gasteiger partial charge on any atom is 0.257 e. The van der Waals surface area contributed by atoms with Gasteiger partial charge >= 0.3 is 0 Å². The summed E-state index contributed by atoms with van der Waals surface area (Å²) >= 11 is 3.99. The first kappa shape index (κ1) is 18.0. The van der Waals surface area contributed by atoms with Gasteiger partial charge in [-0.15, -0.1) is 23.5 Å². The number of rotatable bonds is 7. The number of ether oxygens (including phenoxy) is 1. The van der Waals surface area contributed by atoms with Gasteiger partial charge in [0.25, 0.3) is 5.91 Å². The van der Waals surface area contributed by atoms with E-state index in [-0.39, 0.29) is 12.5 Å². The minimum atomic E-state index is -0.0435. The Labute approximate surface area is 153 Å². The lowest BCUT2D eigenvalue weighted by atomic mass is 10.1. The van der Waals surface area contributed by atoms with Crippen LogP contribution in [0.15, 0.2) is 24.3 Å². The van der Waals surface area contributed by atoms with Crippen molar-refractivity contribution in [3.63, 3.8) is 0 Å². The molecule has 0 bridgehead atoms. The van der Waals surface area contributed by atoms with Gasteiger partial charge < -0.3 is 15.0 Å². The van der Waals surface area contributed by atoms with Crippen molar-refractivity contribution in [1.82, 2.24) is 10.2 Å². The molecule has 2 heterocycles. The highest BCUT2D eigenvalue weighted by Crippen LogP contribution is 2.45. The van der Waals surface area contributed by atoms with E-state index in [1.54, 1.807) is 0 Å². The average Bonchev–Trinajstić information content (AvgIpc) is 3.16. The molecule has 4 nitrogen and oxygen atoms in total. The van der Waals surface area contributed by atoms with Crippen molar-refractivity contribution in [3.8, 4) is 5.75 Å². The average molecular weight is 367 g/mol. The summed E-state index contributed by atoms with van der Waals surface area (Å²) in [5, 5.41) is 2.94. The predicted molar refractivity (Wildman–Crippen MR) is 103 cm³/mol. The van der Waals surface area contributed by atoms with Gasteiger partial charge in [0.1, 0.15) is 5.75 Å². The molecule has 1 N–H and O–H groups in total. The van der Waals surface area contributed by atoms with Crippen LogP contribution in [0, 0.1) is 0 Å². The zero-order valence-corrected chi connectivity index (χ0v) is 15.7. The highest BCUT2D eigenvalue weighted by atomic mass is 32.2. The molecule has 24 heavy (non-hydrogen) atoms. The van der Waals surface area contributed by atoms with Crippen LogP contribution in [0.3, 0.4) is 0 Å². The molecule has 0 aliphatic carbocycles. The van der Waals surface area contributed by atoms with Gasteiger partial charge in [-0.05, 0) is 43.6 Å². The predicted octanol–water partition coefficient (Wildman–Crippen LogP) is 3.15. The van der Waals surface area contributed by atoms with Crippen LogP contribution < -0.4 is 10.1 Å². The molecule has 0 radical (unpaired) electrons. The number of piperidine rings is 1. The van der Waals surface area contributed by atoms with E-state index in [2.05, 4.69) is 22.3 Å². The van der Waals surface area contributed by atoms with Crippen LogP contribution in [0.25, 0.3) is 0 Å². The summed E-state index contributed by atoms with van der Waals surface area (Å²) in [4.78, 5) is 14.3. The largest absolute Gasteiger partial charge is 0.484 e. The molecule has 132 valence electrons. The normalized spacial score (nSPS) is 19.3. The minimum Gasteiger partial charge on any atom is -0.484 e. The molecule has 0 atom stereocenters. The first-order valence-electron chi connectivity index (χ1n) is 8.76. The Morgan fingerprint density at radius 3 is 2.54 bits per heavy atom. The molecule has 0 aromatic heterocycles. The molecule has 0 spiro atoms. The zero-order chi connectivity index (χ0) is 16.6. The third kappa shape index (κ3) is 5.60. The minimum absolute atomic E-state index is 0.0435. The van der Waals surface area contributed by atoms with Crippen LogP contribution >= 0.6 is 23.5 Å². The Morgan fingerprint density at radius 2 is 1.83 bits per heavy atom. The van der Waals surface area contributed by atoms with E-state index in [4.69, 9.17) is 4.74 Å². The summed E-state index contributed by atoms with van der Waals surface area (Å²) in [6.07, 6.45) is 3.91. The Balaban J connectivity index is 1.33. The number of benzene rings is 1. The van der Waals surface area contributed by atoms with Crippen LogP contribution in [0.1, 0.15) is 29.4 Å². The van der Waals surface area contributed by atoms with Crippen LogP contribution in [0.5, 0.6) is 5.75 Å². The van der Waals surface area contributed by atoms with E-state index >= 15 is 0 Å². The number of amides is 1. The summed E-state index contributed by atoms with van der Waals surface area (Å²) in [7, 11) is 0. The third-order valence-electron chi connectivity index (χ3n) is 4.34. The highest BCUT2D eigenvalue weighted by molar-refractivity contribution is 8.19. The monoisotopic (exact) mass is 366 g/mol. The molecule has 1 amide bonds.